The second kappa shape index (κ2) is 8.41. The van der Waals surface area contributed by atoms with Crippen LogP contribution in [0.5, 0.6) is 0 Å². The molecule has 0 amide bonds. The molecule has 0 saturated carbocycles. The van der Waals surface area contributed by atoms with Crippen LogP contribution in [-0.4, -0.2) is 30.3 Å². The van der Waals surface area contributed by atoms with Crippen LogP contribution in [0.4, 0.5) is 0 Å². The van der Waals surface area contributed by atoms with Gasteiger partial charge < -0.3 is 0 Å². The summed E-state index contributed by atoms with van der Waals surface area (Å²) in [7, 11) is -1.84. The summed E-state index contributed by atoms with van der Waals surface area (Å²) in [6.45, 7) is 0.237. The monoisotopic (exact) mass is 463 g/mol. The Bertz CT molecular complexity index is 1290. The molecule has 0 aliphatic heterocycles. The Morgan fingerprint density at radius 2 is 1.93 bits per heavy atom. The number of hydrogen-bond donors (Lipinski definition) is 1. The minimum Gasteiger partial charge on any atom is -0.290 e. The van der Waals surface area contributed by atoms with Crippen molar-refractivity contribution in [3.63, 3.8) is 0 Å². The first-order chi connectivity index (χ1) is 14.0. The van der Waals surface area contributed by atoms with Crippen molar-refractivity contribution in [2.24, 2.45) is 7.05 Å². The molecule has 0 spiro atoms. The van der Waals surface area contributed by atoms with Crippen LogP contribution in [0, 0.1) is 0 Å². The number of sulfonamides is 1. The van der Waals surface area contributed by atoms with Gasteiger partial charge in [0.2, 0.25) is 10.0 Å². The van der Waals surface area contributed by atoms with E-state index >= 15 is 0 Å². The van der Waals surface area contributed by atoms with Crippen molar-refractivity contribution in [1.29, 1.82) is 0 Å². The Morgan fingerprint density at radius 3 is 2.66 bits per heavy atom. The van der Waals surface area contributed by atoms with Crippen molar-refractivity contribution < 1.29 is 8.42 Å². The average Bonchev–Trinajstić information content (AvgIpc) is 3.39. The highest BCUT2D eigenvalue weighted by Gasteiger charge is 2.17. The molecular formula is C19H17N3O3S4. The van der Waals surface area contributed by atoms with Gasteiger partial charge in [0.05, 0.1) is 10.3 Å². The molecule has 0 aliphatic rings. The number of nitrogens with one attached hydrogen (secondary N) is 1. The van der Waals surface area contributed by atoms with Gasteiger partial charge in [0.1, 0.15) is 4.83 Å². The second-order valence-electron chi connectivity index (χ2n) is 6.12. The Balaban J connectivity index is 1.49. The van der Waals surface area contributed by atoms with Gasteiger partial charge in [-0.2, -0.15) is 0 Å². The Labute approximate surface area is 180 Å². The van der Waals surface area contributed by atoms with Gasteiger partial charge >= 0.3 is 0 Å². The molecule has 1 N–H and O–H groups in total. The first-order valence-corrected chi connectivity index (χ1v) is 12.9. The van der Waals surface area contributed by atoms with Crippen molar-refractivity contribution in [2.45, 2.75) is 10.1 Å². The van der Waals surface area contributed by atoms with Crippen LogP contribution in [-0.2, 0) is 17.1 Å². The number of nitrogens with zero attached hydrogens (tertiary/aromatic N) is 2. The molecule has 0 aliphatic carbocycles. The number of aromatic nitrogens is 2. The maximum Gasteiger partial charge on any atom is 0.263 e. The number of rotatable bonds is 7. The van der Waals surface area contributed by atoms with Gasteiger partial charge in [0.15, 0.2) is 5.16 Å². The molecule has 0 saturated heterocycles. The molecule has 0 atom stereocenters. The third-order valence-corrected chi connectivity index (χ3v) is 8.52. The SMILES string of the molecule is Cn1c(SCCNS(=O)(=O)c2ccccc2)nc2scc(-c3cccs3)c2c1=O. The quantitative estimate of drug-likeness (QED) is 0.256. The maximum atomic E-state index is 12.9. The topological polar surface area (TPSA) is 81.1 Å². The molecule has 3 aromatic heterocycles. The molecular weight excluding hydrogens is 446 g/mol. The van der Waals surface area contributed by atoms with Crippen LogP contribution in [0.3, 0.4) is 0 Å². The van der Waals surface area contributed by atoms with E-state index in [1.54, 1.807) is 48.7 Å². The largest absolute Gasteiger partial charge is 0.290 e. The fourth-order valence-electron chi connectivity index (χ4n) is 2.80. The summed E-state index contributed by atoms with van der Waals surface area (Å²) in [6.07, 6.45) is 0. The molecule has 3 heterocycles. The van der Waals surface area contributed by atoms with Gasteiger partial charge in [0.25, 0.3) is 5.56 Å². The summed E-state index contributed by atoms with van der Waals surface area (Å²) in [5, 5.41) is 5.15. The standard InChI is InChI=1S/C19H17N3O3S4/c1-22-18(23)16-14(15-8-5-10-26-15)12-28-17(16)21-19(22)27-11-9-20-29(24,25)13-6-3-2-4-7-13/h2-8,10,12,20H,9,11H2,1H3. The fourth-order valence-corrected chi connectivity index (χ4v) is 6.61. The van der Waals surface area contributed by atoms with Gasteiger partial charge in [-0.05, 0) is 23.6 Å². The minimum atomic E-state index is -3.54. The molecule has 29 heavy (non-hydrogen) atoms. The van der Waals surface area contributed by atoms with E-state index in [0.29, 0.717) is 21.1 Å². The average molecular weight is 464 g/mol. The van der Waals surface area contributed by atoms with E-state index < -0.39 is 10.0 Å². The predicted molar refractivity (Wildman–Crippen MR) is 121 cm³/mol. The summed E-state index contributed by atoms with van der Waals surface area (Å²) in [5.41, 5.74) is 0.826. The summed E-state index contributed by atoms with van der Waals surface area (Å²) in [4.78, 5) is 19.5. The van der Waals surface area contributed by atoms with Gasteiger partial charge in [-0.1, -0.05) is 36.0 Å². The number of thioether (sulfide) groups is 1. The van der Waals surface area contributed by atoms with Crippen LogP contribution in [0.2, 0.25) is 0 Å². The first kappa shape index (κ1) is 20.3. The van der Waals surface area contributed by atoms with E-state index in [1.165, 1.54) is 27.7 Å². The number of thiophene rings is 2. The van der Waals surface area contributed by atoms with E-state index in [1.807, 2.05) is 22.9 Å². The van der Waals surface area contributed by atoms with Crippen LogP contribution < -0.4 is 10.3 Å². The van der Waals surface area contributed by atoms with Crippen molar-refractivity contribution in [3.8, 4) is 10.4 Å². The zero-order chi connectivity index (χ0) is 20.4. The van der Waals surface area contributed by atoms with Crippen LogP contribution >= 0.6 is 34.4 Å². The zero-order valence-electron chi connectivity index (χ0n) is 15.4. The first-order valence-electron chi connectivity index (χ1n) is 8.67. The summed E-state index contributed by atoms with van der Waals surface area (Å²) >= 11 is 4.39. The van der Waals surface area contributed by atoms with E-state index in [0.717, 1.165) is 10.4 Å². The highest BCUT2D eigenvalue weighted by molar-refractivity contribution is 7.99. The lowest BCUT2D eigenvalue weighted by Gasteiger charge is -2.09. The van der Waals surface area contributed by atoms with Gasteiger partial charge in [-0.3, -0.25) is 9.36 Å². The Kier molecular flexibility index (Phi) is 5.88. The van der Waals surface area contributed by atoms with Crippen molar-refractivity contribution >= 4 is 54.7 Å². The normalized spacial score (nSPS) is 11.9. The summed E-state index contributed by atoms with van der Waals surface area (Å²) < 4.78 is 28.6. The fraction of sp³-hybridized carbons (Fsp3) is 0.158. The van der Waals surface area contributed by atoms with Gasteiger partial charge in [0, 0.05) is 35.2 Å². The number of hydrogen-bond acceptors (Lipinski definition) is 7. The number of benzene rings is 1. The number of fused-ring (bicyclic) bond motifs is 1. The molecule has 0 bridgehead atoms. The molecule has 0 radical (unpaired) electrons. The van der Waals surface area contributed by atoms with Crippen molar-refractivity contribution in [2.75, 3.05) is 12.3 Å². The van der Waals surface area contributed by atoms with Crippen molar-refractivity contribution in [1.82, 2.24) is 14.3 Å². The smallest absolute Gasteiger partial charge is 0.263 e. The lowest BCUT2D eigenvalue weighted by molar-refractivity contribution is 0.584. The highest BCUT2D eigenvalue weighted by Crippen LogP contribution is 2.34. The molecule has 10 heteroatoms. The van der Waals surface area contributed by atoms with Crippen molar-refractivity contribution in [3.05, 3.63) is 63.6 Å². The Morgan fingerprint density at radius 1 is 1.14 bits per heavy atom. The lowest BCUT2D eigenvalue weighted by atomic mass is 10.2. The predicted octanol–water partition coefficient (Wildman–Crippen LogP) is 3.79. The summed E-state index contributed by atoms with van der Waals surface area (Å²) in [5.74, 6) is 0.459. The molecule has 0 fully saturated rings. The zero-order valence-corrected chi connectivity index (χ0v) is 18.6. The molecule has 4 rings (SSSR count). The third-order valence-electron chi connectivity index (χ3n) is 4.24. The highest BCUT2D eigenvalue weighted by atomic mass is 32.2. The molecule has 1 aromatic carbocycles. The van der Waals surface area contributed by atoms with Gasteiger partial charge in [-0.25, -0.2) is 18.1 Å². The summed E-state index contributed by atoms with van der Waals surface area (Å²) in [6, 6.07) is 12.2. The molecule has 0 unspecified atom stereocenters. The van der Waals surface area contributed by atoms with E-state index in [4.69, 9.17) is 0 Å². The third kappa shape index (κ3) is 4.17. The van der Waals surface area contributed by atoms with Crippen LogP contribution in [0.1, 0.15) is 0 Å². The van der Waals surface area contributed by atoms with E-state index in [9.17, 15) is 13.2 Å². The minimum absolute atomic E-state index is 0.0907. The van der Waals surface area contributed by atoms with Gasteiger partial charge in [-0.15, -0.1) is 22.7 Å². The maximum absolute atomic E-state index is 12.9. The Hall–Kier alpha value is -1.98. The van der Waals surface area contributed by atoms with E-state index in [2.05, 4.69) is 9.71 Å². The van der Waals surface area contributed by atoms with Crippen LogP contribution in [0.25, 0.3) is 20.7 Å². The molecule has 6 nitrogen and oxygen atoms in total. The second-order valence-corrected chi connectivity index (χ2v) is 10.8. The van der Waals surface area contributed by atoms with E-state index in [-0.39, 0.29) is 17.0 Å². The van der Waals surface area contributed by atoms with Crippen LogP contribution in [0.15, 0.2) is 68.1 Å². The molecule has 150 valence electrons. The molecule has 4 aromatic rings. The lowest BCUT2D eigenvalue weighted by Crippen LogP contribution is -2.26.